The average molecular weight is 274 g/mol. The molecule has 1 aromatic heterocycles. The summed E-state index contributed by atoms with van der Waals surface area (Å²) in [6, 6.07) is 5.57. The van der Waals surface area contributed by atoms with Crippen LogP contribution < -0.4 is 0 Å². The minimum Gasteiger partial charge on any atom is -0.394 e. The number of pyridine rings is 1. The van der Waals surface area contributed by atoms with E-state index in [9.17, 15) is 0 Å². The maximum absolute atomic E-state index is 9.00. The Balaban J connectivity index is 2.24. The predicted molar refractivity (Wildman–Crippen MR) is 57.6 cm³/mol. The molecule has 0 aliphatic carbocycles. The van der Waals surface area contributed by atoms with Crippen molar-refractivity contribution in [3.05, 3.63) is 30.1 Å². The van der Waals surface area contributed by atoms with E-state index in [2.05, 4.69) is 20.9 Å². The van der Waals surface area contributed by atoms with E-state index in [0.717, 1.165) is 5.69 Å². The van der Waals surface area contributed by atoms with Crippen LogP contribution in [0.1, 0.15) is 5.69 Å². The van der Waals surface area contributed by atoms with Crippen LogP contribution in [0.15, 0.2) is 24.4 Å². The first-order chi connectivity index (χ1) is 7.30. The van der Waals surface area contributed by atoms with E-state index in [0.29, 0.717) is 11.9 Å². The molecule has 0 bridgehead atoms. The first-order valence-electron chi connectivity index (χ1n) is 4.71. The maximum atomic E-state index is 9.00. The van der Waals surface area contributed by atoms with E-state index in [-0.39, 0.29) is 12.7 Å². The normalized spacial score (nSPS) is 30.7. The highest BCUT2D eigenvalue weighted by molar-refractivity contribution is 9.09. The summed E-state index contributed by atoms with van der Waals surface area (Å²) >= 11 is 3.36. The van der Waals surface area contributed by atoms with Gasteiger partial charge in [-0.2, -0.15) is 0 Å². The maximum Gasteiger partial charge on any atom is 0.222 e. The van der Waals surface area contributed by atoms with Gasteiger partial charge in [-0.15, -0.1) is 0 Å². The molecule has 0 radical (unpaired) electrons. The summed E-state index contributed by atoms with van der Waals surface area (Å²) in [5.74, 6) is -0.853. The number of nitrogens with zero attached hydrogens (tertiary/aromatic N) is 1. The van der Waals surface area contributed by atoms with E-state index in [1.165, 1.54) is 0 Å². The van der Waals surface area contributed by atoms with Gasteiger partial charge in [0.25, 0.3) is 0 Å². The monoisotopic (exact) mass is 273 g/mol. The van der Waals surface area contributed by atoms with Crippen LogP contribution in [0, 0.1) is 0 Å². The number of rotatable bonds is 3. The number of aromatic nitrogens is 1. The van der Waals surface area contributed by atoms with Gasteiger partial charge in [-0.05, 0) is 12.1 Å². The Hall–Kier alpha value is -0.490. The van der Waals surface area contributed by atoms with Gasteiger partial charge in [-0.3, -0.25) is 4.98 Å². The van der Waals surface area contributed by atoms with Crippen molar-refractivity contribution in [2.75, 3.05) is 18.5 Å². The molecule has 1 fully saturated rings. The molecule has 2 heterocycles. The van der Waals surface area contributed by atoms with Gasteiger partial charge < -0.3 is 14.6 Å². The Morgan fingerprint density at radius 1 is 1.60 bits per heavy atom. The zero-order valence-corrected chi connectivity index (χ0v) is 9.68. The topological polar surface area (TPSA) is 51.6 Å². The van der Waals surface area contributed by atoms with Crippen molar-refractivity contribution in [2.24, 2.45) is 0 Å². The molecule has 0 aromatic carbocycles. The summed E-state index contributed by atoms with van der Waals surface area (Å²) in [4.78, 5) is 4.21. The number of ether oxygens (including phenoxy) is 2. The SMILES string of the molecule is OC[C@H]1CO[C@](CBr)(c2ccccn2)O1. The Morgan fingerprint density at radius 2 is 2.47 bits per heavy atom. The molecule has 2 atom stereocenters. The Bertz CT molecular complexity index is 322. The fraction of sp³-hybridized carbons (Fsp3) is 0.500. The second-order valence-electron chi connectivity index (χ2n) is 3.33. The van der Waals surface area contributed by atoms with Gasteiger partial charge in [0, 0.05) is 6.20 Å². The van der Waals surface area contributed by atoms with Crippen LogP contribution in [-0.2, 0) is 15.3 Å². The lowest BCUT2D eigenvalue weighted by Gasteiger charge is -2.24. The van der Waals surface area contributed by atoms with Gasteiger partial charge in [0.05, 0.1) is 18.5 Å². The van der Waals surface area contributed by atoms with E-state index in [1.54, 1.807) is 6.20 Å². The summed E-state index contributed by atoms with van der Waals surface area (Å²) in [7, 11) is 0. The summed E-state index contributed by atoms with van der Waals surface area (Å²) in [5, 5.41) is 9.49. The van der Waals surface area contributed by atoms with Gasteiger partial charge in [0.1, 0.15) is 11.8 Å². The molecule has 0 unspecified atom stereocenters. The Morgan fingerprint density at radius 3 is 3.00 bits per heavy atom. The lowest BCUT2D eigenvalue weighted by Crippen LogP contribution is -2.31. The van der Waals surface area contributed by atoms with Crippen LogP contribution in [-0.4, -0.2) is 34.7 Å². The van der Waals surface area contributed by atoms with Crippen molar-refractivity contribution >= 4 is 15.9 Å². The molecule has 0 amide bonds. The zero-order valence-electron chi connectivity index (χ0n) is 8.10. The minimum atomic E-state index is -0.853. The van der Waals surface area contributed by atoms with Crippen LogP contribution in [0.25, 0.3) is 0 Å². The molecule has 0 spiro atoms. The van der Waals surface area contributed by atoms with Gasteiger partial charge in [0.15, 0.2) is 0 Å². The average Bonchev–Trinajstić information content (AvgIpc) is 2.75. The highest BCUT2D eigenvalue weighted by Gasteiger charge is 2.43. The summed E-state index contributed by atoms with van der Waals surface area (Å²) < 4.78 is 11.2. The first kappa shape index (κ1) is 11.0. The van der Waals surface area contributed by atoms with Crippen molar-refractivity contribution in [3.63, 3.8) is 0 Å². The van der Waals surface area contributed by atoms with Crippen LogP contribution in [0.3, 0.4) is 0 Å². The van der Waals surface area contributed by atoms with Crippen molar-refractivity contribution in [3.8, 4) is 0 Å². The second-order valence-corrected chi connectivity index (χ2v) is 3.90. The molecule has 1 N–H and O–H groups in total. The van der Waals surface area contributed by atoms with Crippen molar-refractivity contribution in [1.29, 1.82) is 0 Å². The minimum absolute atomic E-state index is 0.0401. The standard InChI is InChI=1S/C10H12BrNO3/c11-7-10(9-3-1-2-4-12-9)14-6-8(5-13)15-10/h1-4,8,13H,5-7H2/t8-,10-/m0/s1. The fourth-order valence-corrected chi connectivity index (χ4v) is 2.10. The first-order valence-corrected chi connectivity index (χ1v) is 5.83. The van der Waals surface area contributed by atoms with Gasteiger partial charge in [-0.1, -0.05) is 22.0 Å². The fourth-order valence-electron chi connectivity index (χ4n) is 1.52. The third-order valence-electron chi connectivity index (χ3n) is 2.29. The van der Waals surface area contributed by atoms with E-state index >= 15 is 0 Å². The number of halogens is 1. The molecule has 1 aliphatic heterocycles. The van der Waals surface area contributed by atoms with Crippen LogP contribution >= 0.6 is 15.9 Å². The number of alkyl halides is 1. The molecular formula is C10H12BrNO3. The zero-order chi connectivity index (χ0) is 10.7. The van der Waals surface area contributed by atoms with E-state index in [4.69, 9.17) is 14.6 Å². The molecule has 1 aliphatic rings. The van der Waals surface area contributed by atoms with Crippen molar-refractivity contribution in [2.45, 2.75) is 11.9 Å². The van der Waals surface area contributed by atoms with E-state index < -0.39 is 5.79 Å². The Kier molecular flexibility index (Phi) is 3.35. The Labute approximate surface area is 96.4 Å². The molecule has 1 saturated heterocycles. The lowest BCUT2D eigenvalue weighted by atomic mass is 10.2. The molecule has 1 aromatic rings. The second kappa shape index (κ2) is 4.57. The number of hydrogen-bond donors (Lipinski definition) is 1. The highest BCUT2D eigenvalue weighted by atomic mass is 79.9. The summed E-state index contributed by atoms with van der Waals surface area (Å²) in [6.45, 7) is 0.347. The molecule has 82 valence electrons. The molecule has 5 heteroatoms. The molecule has 2 rings (SSSR count). The number of aliphatic hydroxyl groups is 1. The van der Waals surface area contributed by atoms with Crippen molar-refractivity contribution in [1.82, 2.24) is 4.98 Å². The smallest absolute Gasteiger partial charge is 0.222 e. The number of hydrogen-bond acceptors (Lipinski definition) is 4. The molecule has 15 heavy (non-hydrogen) atoms. The third kappa shape index (κ3) is 2.06. The largest absolute Gasteiger partial charge is 0.394 e. The molecular weight excluding hydrogens is 262 g/mol. The van der Waals surface area contributed by atoms with E-state index in [1.807, 2.05) is 18.2 Å². The highest BCUT2D eigenvalue weighted by Crippen LogP contribution is 2.34. The van der Waals surface area contributed by atoms with Crippen LogP contribution in [0.2, 0.25) is 0 Å². The van der Waals surface area contributed by atoms with Crippen LogP contribution in [0.4, 0.5) is 0 Å². The van der Waals surface area contributed by atoms with Crippen molar-refractivity contribution < 1.29 is 14.6 Å². The van der Waals surface area contributed by atoms with Gasteiger partial charge >= 0.3 is 0 Å². The lowest BCUT2D eigenvalue weighted by molar-refractivity contribution is -0.163. The van der Waals surface area contributed by atoms with Crippen LogP contribution in [0.5, 0.6) is 0 Å². The van der Waals surface area contributed by atoms with Gasteiger partial charge in [-0.25, -0.2) is 0 Å². The molecule has 4 nitrogen and oxygen atoms in total. The molecule has 0 saturated carbocycles. The third-order valence-corrected chi connectivity index (χ3v) is 3.03. The van der Waals surface area contributed by atoms with Gasteiger partial charge in [0.2, 0.25) is 5.79 Å². The predicted octanol–water partition coefficient (Wildman–Crippen LogP) is 1.04. The number of aliphatic hydroxyl groups excluding tert-OH is 1. The summed E-state index contributed by atoms with van der Waals surface area (Å²) in [6.07, 6.45) is 1.42. The quantitative estimate of drug-likeness (QED) is 0.837. The summed E-state index contributed by atoms with van der Waals surface area (Å²) in [5.41, 5.74) is 0.720.